The normalized spacial score (nSPS) is 19.6. The van der Waals surface area contributed by atoms with Crippen LogP contribution < -0.4 is 10.1 Å². The minimum atomic E-state index is -0.381. The number of nitro groups is 1. The molecule has 1 aromatic carbocycles. The van der Waals surface area contributed by atoms with Crippen molar-refractivity contribution < 1.29 is 9.66 Å². The lowest BCUT2D eigenvalue weighted by atomic mass is 10.0. The molecule has 0 aromatic heterocycles. The molecule has 1 saturated carbocycles. The molecule has 0 atom stereocenters. The highest BCUT2D eigenvalue weighted by atomic mass is 16.6. The molecule has 1 aromatic rings. The van der Waals surface area contributed by atoms with Crippen LogP contribution in [0, 0.1) is 20.9 Å². The van der Waals surface area contributed by atoms with Crippen LogP contribution in [0.15, 0.2) is 18.2 Å². The third-order valence-electron chi connectivity index (χ3n) is 4.99. The third-order valence-corrected chi connectivity index (χ3v) is 4.99. The number of nitrogens with zero attached hydrogens (tertiary/aromatic N) is 1. The molecule has 0 unspecified atom stereocenters. The van der Waals surface area contributed by atoms with Gasteiger partial charge in [0.2, 0.25) is 0 Å². The summed E-state index contributed by atoms with van der Waals surface area (Å²) < 4.78 is 5.27. The van der Waals surface area contributed by atoms with E-state index in [-0.39, 0.29) is 21.4 Å². The number of methoxy groups -OCH3 is 1. The Labute approximate surface area is 119 Å². The maximum Gasteiger partial charge on any atom is 0.270 e. The number of nitro benzene ring substituents is 1. The second kappa shape index (κ2) is 4.74. The number of hydrogen-bond donors (Lipinski definition) is 1. The number of ether oxygens (including phenoxy) is 1. The van der Waals surface area contributed by atoms with Crippen LogP contribution in [0.25, 0.3) is 0 Å². The highest BCUT2D eigenvalue weighted by molar-refractivity contribution is 5.44. The fourth-order valence-electron chi connectivity index (χ4n) is 2.94. The van der Waals surface area contributed by atoms with E-state index in [9.17, 15) is 10.1 Å². The Morgan fingerprint density at radius 1 is 1.30 bits per heavy atom. The van der Waals surface area contributed by atoms with Crippen molar-refractivity contribution in [2.45, 2.75) is 40.3 Å². The monoisotopic (exact) mass is 278 g/mol. The highest BCUT2D eigenvalue weighted by Crippen LogP contribution is 2.62. The molecule has 1 fully saturated rings. The molecule has 5 nitrogen and oxygen atoms in total. The first kappa shape index (κ1) is 14.8. The standard InChI is InChI=1S/C15H22N2O3/c1-14(2)13(15(14,3)4)16-9-10-8-11(17(18)19)6-7-12(10)20-5/h6-8,13,16H,9H2,1-5H3. The molecule has 1 aliphatic rings. The van der Waals surface area contributed by atoms with Crippen molar-refractivity contribution in [3.05, 3.63) is 33.9 Å². The van der Waals surface area contributed by atoms with Crippen molar-refractivity contribution in [3.8, 4) is 5.75 Å². The molecule has 1 N–H and O–H groups in total. The summed E-state index contributed by atoms with van der Waals surface area (Å²) in [6, 6.07) is 5.10. The third kappa shape index (κ3) is 2.26. The summed E-state index contributed by atoms with van der Waals surface area (Å²) in [6.07, 6.45) is 0. The molecule has 0 heterocycles. The van der Waals surface area contributed by atoms with Crippen LogP contribution in [0.1, 0.15) is 33.3 Å². The first-order valence-corrected chi connectivity index (χ1v) is 6.76. The van der Waals surface area contributed by atoms with Crippen molar-refractivity contribution in [2.24, 2.45) is 10.8 Å². The first-order chi connectivity index (χ1) is 9.21. The summed E-state index contributed by atoms with van der Waals surface area (Å²) in [4.78, 5) is 10.5. The molecule has 0 amide bonds. The average molecular weight is 278 g/mol. The van der Waals surface area contributed by atoms with Gasteiger partial charge in [-0.2, -0.15) is 0 Å². The van der Waals surface area contributed by atoms with Crippen LogP contribution in [0.2, 0.25) is 0 Å². The van der Waals surface area contributed by atoms with E-state index in [1.54, 1.807) is 19.2 Å². The highest BCUT2D eigenvalue weighted by Gasteiger charge is 2.64. The molecule has 0 bridgehead atoms. The molecule has 5 heteroatoms. The van der Waals surface area contributed by atoms with E-state index in [0.29, 0.717) is 18.3 Å². The van der Waals surface area contributed by atoms with Gasteiger partial charge in [-0.05, 0) is 16.9 Å². The van der Waals surface area contributed by atoms with Gasteiger partial charge in [0.1, 0.15) is 5.75 Å². The largest absolute Gasteiger partial charge is 0.496 e. The molecular formula is C15H22N2O3. The second-order valence-electron chi connectivity index (χ2n) is 6.51. The smallest absolute Gasteiger partial charge is 0.270 e. The van der Waals surface area contributed by atoms with Crippen LogP contribution in [0.5, 0.6) is 5.75 Å². The summed E-state index contributed by atoms with van der Waals surface area (Å²) in [7, 11) is 1.58. The Hall–Kier alpha value is -1.62. The number of nitrogens with one attached hydrogen (secondary N) is 1. The van der Waals surface area contributed by atoms with Crippen LogP contribution in [0.3, 0.4) is 0 Å². The number of hydrogen-bond acceptors (Lipinski definition) is 4. The van der Waals surface area contributed by atoms with Crippen LogP contribution in [-0.4, -0.2) is 18.1 Å². The zero-order chi connectivity index (χ0) is 15.1. The van der Waals surface area contributed by atoms with Gasteiger partial charge in [-0.1, -0.05) is 27.7 Å². The zero-order valence-electron chi connectivity index (χ0n) is 12.7. The molecule has 110 valence electrons. The number of rotatable bonds is 5. The SMILES string of the molecule is COc1ccc([N+](=O)[O-])cc1CNC1C(C)(C)C1(C)C. The molecule has 20 heavy (non-hydrogen) atoms. The van der Waals surface area contributed by atoms with E-state index in [0.717, 1.165) is 5.56 Å². The van der Waals surface area contributed by atoms with Gasteiger partial charge in [0.25, 0.3) is 5.69 Å². The quantitative estimate of drug-likeness (QED) is 0.664. The minimum Gasteiger partial charge on any atom is -0.496 e. The van der Waals surface area contributed by atoms with E-state index >= 15 is 0 Å². The first-order valence-electron chi connectivity index (χ1n) is 6.76. The Morgan fingerprint density at radius 2 is 1.90 bits per heavy atom. The Balaban J connectivity index is 2.13. The van der Waals surface area contributed by atoms with E-state index in [1.165, 1.54) is 6.07 Å². The molecule has 0 aliphatic heterocycles. The molecule has 0 saturated heterocycles. The maximum absolute atomic E-state index is 10.9. The van der Waals surface area contributed by atoms with Gasteiger partial charge in [0.15, 0.2) is 0 Å². The van der Waals surface area contributed by atoms with E-state index in [4.69, 9.17) is 4.74 Å². The van der Waals surface area contributed by atoms with Gasteiger partial charge >= 0.3 is 0 Å². The van der Waals surface area contributed by atoms with Gasteiger partial charge in [0.05, 0.1) is 12.0 Å². The number of non-ortho nitro benzene ring substituents is 1. The molecule has 0 radical (unpaired) electrons. The van der Waals surface area contributed by atoms with Crippen molar-refractivity contribution >= 4 is 5.69 Å². The Morgan fingerprint density at radius 3 is 2.35 bits per heavy atom. The lowest BCUT2D eigenvalue weighted by Gasteiger charge is -2.10. The summed E-state index contributed by atoms with van der Waals surface area (Å²) in [5.74, 6) is 0.680. The summed E-state index contributed by atoms with van der Waals surface area (Å²) >= 11 is 0. The van der Waals surface area contributed by atoms with Crippen LogP contribution in [-0.2, 0) is 6.54 Å². The van der Waals surface area contributed by atoms with Crippen molar-refractivity contribution in [1.82, 2.24) is 5.32 Å². The summed E-state index contributed by atoms with van der Waals surface area (Å²) in [6.45, 7) is 9.50. The fourth-order valence-corrected chi connectivity index (χ4v) is 2.94. The lowest BCUT2D eigenvalue weighted by molar-refractivity contribution is -0.384. The van der Waals surface area contributed by atoms with E-state index in [1.807, 2.05) is 0 Å². The van der Waals surface area contributed by atoms with Crippen molar-refractivity contribution in [2.75, 3.05) is 7.11 Å². The van der Waals surface area contributed by atoms with Gasteiger partial charge in [0, 0.05) is 30.3 Å². The Bertz CT molecular complexity index is 524. The predicted molar refractivity (Wildman–Crippen MR) is 77.8 cm³/mol. The van der Waals surface area contributed by atoms with E-state index < -0.39 is 0 Å². The summed E-state index contributed by atoms with van der Waals surface area (Å²) in [5.41, 5.74) is 1.39. The lowest BCUT2D eigenvalue weighted by Crippen LogP contribution is -2.22. The average Bonchev–Trinajstić information content (AvgIpc) is 2.76. The van der Waals surface area contributed by atoms with Crippen molar-refractivity contribution in [3.63, 3.8) is 0 Å². The fraction of sp³-hybridized carbons (Fsp3) is 0.600. The summed E-state index contributed by atoms with van der Waals surface area (Å²) in [5, 5.41) is 14.3. The zero-order valence-corrected chi connectivity index (χ0v) is 12.7. The van der Waals surface area contributed by atoms with Gasteiger partial charge in [-0.3, -0.25) is 10.1 Å². The van der Waals surface area contributed by atoms with Gasteiger partial charge in [-0.15, -0.1) is 0 Å². The second-order valence-corrected chi connectivity index (χ2v) is 6.51. The molecule has 2 rings (SSSR count). The minimum absolute atomic E-state index is 0.0944. The Kier molecular flexibility index (Phi) is 3.50. The van der Waals surface area contributed by atoms with Crippen LogP contribution in [0.4, 0.5) is 5.69 Å². The number of benzene rings is 1. The van der Waals surface area contributed by atoms with E-state index in [2.05, 4.69) is 33.0 Å². The topological polar surface area (TPSA) is 64.4 Å². The maximum atomic E-state index is 10.9. The molecular weight excluding hydrogens is 256 g/mol. The predicted octanol–water partition coefficient (Wildman–Crippen LogP) is 3.13. The van der Waals surface area contributed by atoms with Gasteiger partial charge in [-0.25, -0.2) is 0 Å². The molecule has 0 spiro atoms. The van der Waals surface area contributed by atoms with Crippen molar-refractivity contribution in [1.29, 1.82) is 0 Å². The molecule has 1 aliphatic carbocycles. The van der Waals surface area contributed by atoms with Crippen LogP contribution >= 0.6 is 0 Å². The van der Waals surface area contributed by atoms with Gasteiger partial charge < -0.3 is 10.1 Å².